The number of rotatable bonds is 9. The molecule has 0 fully saturated rings. The van der Waals surface area contributed by atoms with Gasteiger partial charge in [-0.2, -0.15) is 0 Å². The lowest BCUT2D eigenvalue weighted by molar-refractivity contribution is -0.137. The normalized spacial score (nSPS) is 11.5. The van der Waals surface area contributed by atoms with Gasteiger partial charge in [0.1, 0.15) is 0 Å². The number of urea groups is 1. The van der Waals surface area contributed by atoms with Crippen molar-refractivity contribution in [3.8, 4) is 0 Å². The Labute approximate surface area is 166 Å². The van der Waals surface area contributed by atoms with Crippen LogP contribution in [0.1, 0.15) is 24.0 Å². The number of para-hydroxylation sites is 1. The first-order valence-corrected chi connectivity index (χ1v) is 9.39. The number of hydrogen-bond acceptors (Lipinski definition) is 3. The van der Waals surface area contributed by atoms with E-state index >= 15 is 0 Å². The maximum atomic E-state index is 12.7. The zero-order valence-corrected chi connectivity index (χ0v) is 16.8. The molecule has 150 valence electrons. The van der Waals surface area contributed by atoms with Crippen molar-refractivity contribution in [2.45, 2.75) is 31.8 Å². The van der Waals surface area contributed by atoms with Crippen LogP contribution in [-0.4, -0.2) is 49.2 Å². The Kier molecular flexibility index (Phi) is 7.87. The number of hydrogen-bond donors (Lipinski definition) is 2. The predicted molar refractivity (Wildman–Crippen MR) is 112 cm³/mol. The third-order valence-electron chi connectivity index (χ3n) is 4.59. The standard InChI is InChI=1S/C22H29N3O3/c1-24(2)20-12-8-7-11-18(20)16-25(3)22(28)23-19(13-14-21(26)27)15-17-9-5-4-6-10-17/h4-12,19H,13-16H2,1-3H3,(H,23,28)(H,26,27). The third kappa shape index (κ3) is 6.61. The van der Waals surface area contributed by atoms with Gasteiger partial charge in [0.2, 0.25) is 0 Å². The molecule has 0 radical (unpaired) electrons. The van der Waals surface area contributed by atoms with Crippen molar-refractivity contribution in [1.29, 1.82) is 0 Å². The van der Waals surface area contributed by atoms with Gasteiger partial charge in [-0.05, 0) is 30.0 Å². The van der Waals surface area contributed by atoms with Crippen LogP contribution in [0.15, 0.2) is 54.6 Å². The molecular weight excluding hydrogens is 354 g/mol. The molecule has 0 spiro atoms. The fourth-order valence-corrected chi connectivity index (χ4v) is 3.11. The summed E-state index contributed by atoms with van der Waals surface area (Å²) in [7, 11) is 5.69. The van der Waals surface area contributed by atoms with Crippen molar-refractivity contribution in [2.75, 3.05) is 26.0 Å². The summed E-state index contributed by atoms with van der Waals surface area (Å²) < 4.78 is 0. The van der Waals surface area contributed by atoms with Crippen LogP contribution in [0.5, 0.6) is 0 Å². The summed E-state index contributed by atoms with van der Waals surface area (Å²) >= 11 is 0. The molecule has 2 rings (SSSR count). The molecule has 0 aliphatic rings. The quantitative estimate of drug-likeness (QED) is 0.696. The number of carbonyl (C=O) groups excluding carboxylic acids is 1. The monoisotopic (exact) mass is 383 g/mol. The van der Waals surface area contributed by atoms with E-state index in [2.05, 4.69) is 5.32 Å². The molecule has 1 unspecified atom stereocenters. The topological polar surface area (TPSA) is 72.9 Å². The van der Waals surface area contributed by atoms with Gasteiger partial charge in [-0.1, -0.05) is 48.5 Å². The zero-order valence-electron chi connectivity index (χ0n) is 16.8. The minimum absolute atomic E-state index is 0.0188. The highest BCUT2D eigenvalue weighted by Gasteiger charge is 2.18. The molecule has 2 aromatic carbocycles. The van der Waals surface area contributed by atoms with Crippen LogP contribution in [-0.2, 0) is 17.8 Å². The molecule has 0 heterocycles. The summed E-state index contributed by atoms with van der Waals surface area (Å²) in [4.78, 5) is 27.4. The summed E-state index contributed by atoms with van der Waals surface area (Å²) in [6, 6.07) is 17.3. The van der Waals surface area contributed by atoms with E-state index in [0.29, 0.717) is 19.4 Å². The number of nitrogens with zero attached hydrogens (tertiary/aromatic N) is 2. The Morgan fingerprint density at radius 1 is 1.00 bits per heavy atom. The second-order valence-electron chi connectivity index (χ2n) is 7.15. The molecule has 28 heavy (non-hydrogen) atoms. The van der Waals surface area contributed by atoms with Crippen molar-refractivity contribution < 1.29 is 14.7 Å². The number of benzene rings is 2. The first kappa shape index (κ1) is 21.3. The molecule has 0 aliphatic carbocycles. The molecule has 0 aromatic heterocycles. The van der Waals surface area contributed by atoms with Crippen LogP contribution in [0.2, 0.25) is 0 Å². The van der Waals surface area contributed by atoms with Crippen molar-refractivity contribution in [3.63, 3.8) is 0 Å². The maximum Gasteiger partial charge on any atom is 0.317 e. The third-order valence-corrected chi connectivity index (χ3v) is 4.59. The Bertz CT molecular complexity index is 778. The number of carbonyl (C=O) groups is 2. The maximum absolute atomic E-state index is 12.7. The van der Waals surface area contributed by atoms with Crippen LogP contribution in [0.3, 0.4) is 0 Å². The van der Waals surface area contributed by atoms with E-state index in [1.807, 2.05) is 73.6 Å². The van der Waals surface area contributed by atoms with Gasteiger partial charge in [-0.3, -0.25) is 4.79 Å². The van der Waals surface area contributed by atoms with E-state index < -0.39 is 5.97 Å². The van der Waals surface area contributed by atoms with Crippen molar-refractivity contribution in [3.05, 3.63) is 65.7 Å². The van der Waals surface area contributed by atoms with Crippen LogP contribution in [0.4, 0.5) is 10.5 Å². The average molecular weight is 383 g/mol. The number of carboxylic acid groups (broad SMARTS) is 1. The van der Waals surface area contributed by atoms with E-state index in [4.69, 9.17) is 5.11 Å². The van der Waals surface area contributed by atoms with Crippen molar-refractivity contribution in [1.82, 2.24) is 10.2 Å². The smallest absolute Gasteiger partial charge is 0.317 e. The van der Waals surface area contributed by atoms with Gasteiger partial charge in [0.25, 0.3) is 0 Å². The number of aliphatic carboxylic acids is 1. The van der Waals surface area contributed by atoms with E-state index in [-0.39, 0.29) is 18.5 Å². The van der Waals surface area contributed by atoms with Crippen LogP contribution in [0, 0.1) is 0 Å². The van der Waals surface area contributed by atoms with Crippen LogP contribution >= 0.6 is 0 Å². The van der Waals surface area contributed by atoms with E-state index in [1.54, 1.807) is 11.9 Å². The number of nitrogens with one attached hydrogen (secondary N) is 1. The molecule has 2 amide bonds. The lowest BCUT2D eigenvalue weighted by atomic mass is 10.0. The SMILES string of the molecule is CN(Cc1ccccc1N(C)C)C(=O)NC(CCC(=O)O)Cc1ccccc1. The van der Waals surface area contributed by atoms with Crippen molar-refractivity contribution >= 4 is 17.7 Å². The molecule has 1 atom stereocenters. The minimum Gasteiger partial charge on any atom is -0.481 e. The molecule has 0 saturated heterocycles. The number of anilines is 1. The number of carboxylic acids is 1. The summed E-state index contributed by atoms with van der Waals surface area (Å²) in [5.74, 6) is -0.861. The molecule has 6 heteroatoms. The number of amides is 2. The first-order chi connectivity index (χ1) is 13.4. The fraction of sp³-hybridized carbons (Fsp3) is 0.364. The van der Waals surface area contributed by atoms with Crippen molar-refractivity contribution in [2.24, 2.45) is 0 Å². The predicted octanol–water partition coefficient (Wildman–Crippen LogP) is 3.37. The van der Waals surface area contributed by atoms with Gasteiger partial charge < -0.3 is 20.2 Å². The Morgan fingerprint density at radius 2 is 1.64 bits per heavy atom. The summed E-state index contributed by atoms with van der Waals surface area (Å²) in [6.07, 6.45) is 1.00. The van der Waals surface area contributed by atoms with E-state index in [9.17, 15) is 9.59 Å². The van der Waals surface area contributed by atoms with E-state index in [1.165, 1.54) is 0 Å². The Hall–Kier alpha value is -3.02. The van der Waals surface area contributed by atoms with Gasteiger partial charge in [-0.25, -0.2) is 4.79 Å². The molecule has 2 N–H and O–H groups in total. The molecular formula is C22H29N3O3. The molecule has 6 nitrogen and oxygen atoms in total. The van der Waals surface area contributed by atoms with Gasteiger partial charge >= 0.3 is 12.0 Å². The lowest BCUT2D eigenvalue weighted by Crippen LogP contribution is -2.44. The largest absolute Gasteiger partial charge is 0.481 e. The first-order valence-electron chi connectivity index (χ1n) is 9.39. The lowest BCUT2D eigenvalue weighted by Gasteiger charge is -2.25. The van der Waals surface area contributed by atoms with Gasteiger partial charge in [0.15, 0.2) is 0 Å². The van der Waals surface area contributed by atoms with Crippen LogP contribution < -0.4 is 10.2 Å². The average Bonchev–Trinajstić information content (AvgIpc) is 2.67. The molecule has 0 bridgehead atoms. The van der Waals surface area contributed by atoms with Gasteiger partial charge in [0.05, 0.1) is 0 Å². The fourth-order valence-electron chi connectivity index (χ4n) is 3.11. The zero-order chi connectivity index (χ0) is 20.5. The Balaban J connectivity index is 2.03. The molecule has 2 aromatic rings. The second-order valence-corrected chi connectivity index (χ2v) is 7.15. The summed E-state index contributed by atoms with van der Waals surface area (Å²) in [5.41, 5.74) is 3.18. The van der Waals surface area contributed by atoms with Crippen LogP contribution in [0.25, 0.3) is 0 Å². The Morgan fingerprint density at radius 3 is 2.29 bits per heavy atom. The highest BCUT2D eigenvalue weighted by Crippen LogP contribution is 2.19. The highest BCUT2D eigenvalue weighted by molar-refractivity contribution is 5.75. The molecule has 0 saturated carbocycles. The second kappa shape index (κ2) is 10.3. The highest BCUT2D eigenvalue weighted by atomic mass is 16.4. The molecule has 0 aliphatic heterocycles. The summed E-state index contributed by atoms with van der Waals surface area (Å²) in [6.45, 7) is 0.469. The van der Waals surface area contributed by atoms with Gasteiger partial charge in [0, 0.05) is 45.8 Å². The minimum atomic E-state index is -0.861. The van der Waals surface area contributed by atoms with E-state index in [0.717, 1.165) is 16.8 Å². The van der Waals surface area contributed by atoms with Gasteiger partial charge in [-0.15, -0.1) is 0 Å². The summed E-state index contributed by atoms with van der Waals surface area (Å²) in [5, 5.41) is 12.0.